The summed E-state index contributed by atoms with van der Waals surface area (Å²) in [5, 5.41) is 20.0. The van der Waals surface area contributed by atoms with Gasteiger partial charge in [-0.3, -0.25) is 9.59 Å². The first-order chi connectivity index (χ1) is 8.75. The summed E-state index contributed by atoms with van der Waals surface area (Å²) in [6.45, 7) is 7.83. The van der Waals surface area contributed by atoms with Crippen LogP contribution in [0, 0.1) is 17.8 Å². The molecule has 0 fully saturated rings. The van der Waals surface area contributed by atoms with E-state index in [1.807, 2.05) is 27.7 Å². The molecule has 0 unspecified atom stereocenters. The summed E-state index contributed by atoms with van der Waals surface area (Å²) in [6, 6.07) is 0. The van der Waals surface area contributed by atoms with Crippen LogP contribution in [0.5, 0.6) is 0 Å². The first kappa shape index (κ1) is 15.9. The van der Waals surface area contributed by atoms with Gasteiger partial charge >= 0.3 is 0 Å². The van der Waals surface area contributed by atoms with Crippen molar-refractivity contribution >= 4 is 11.6 Å². The Labute approximate surface area is 114 Å². The Balaban J connectivity index is 2.89. The quantitative estimate of drug-likeness (QED) is 0.725. The minimum absolute atomic E-state index is 0.118. The van der Waals surface area contributed by atoms with Crippen LogP contribution < -0.4 is 0 Å². The average Bonchev–Trinajstić information content (AvgIpc) is 2.47. The number of hydrogen-bond acceptors (Lipinski definition) is 4. The second-order valence-corrected chi connectivity index (χ2v) is 6.17. The predicted molar refractivity (Wildman–Crippen MR) is 72.7 cm³/mol. The maximum atomic E-state index is 12.0. The molecular weight excluding hydrogens is 244 g/mol. The van der Waals surface area contributed by atoms with Crippen molar-refractivity contribution < 1.29 is 19.8 Å². The monoisotopic (exact) mass is 268 g/mol. The van der Waals surface area contributed by atoms with Crippen molar-refractivity contribution in [3.63, 3.8) is 0 Å². The normalized spacial score (nSPS) is 23.8. The summed E-state index contributed by atoms with van der Waals surface area (Å²) in [4.78, 5) is 23.9. The average molecular weight is 268 g/mol. The predicted octanol–water partition coefficient (Wildman–Crippen LogP) is 2.41. The number of ketones is 2. The van der Waals surface area contributed by atoms with Gasteiger partial charge in [0.15, 0.2) is 11.6 Å². The first-order valence-electron chi connectivity index (χ1n) is 6.94. The molecular formula is C15H24O4. The molecule has 0 radical (unpaired) electrons. The molecule has 0 saturated carbocycles. The molecule has 0 bridgehead atoms. The van der Waals surface area contributed by atoms with Gasteiger partial charge in [-0.05, 0) is 18.3 Å². The Bertz CT molecular complexity index is 393. The zero-order valence-electron chi connectivity index (χ0n) is 12.1. The van der Waals surface area contributed by atoms with Gasteiger partial charge < -0.3 is 10.2 Å². The Hall–Kier alpha value is -1.16. The molecule has 0 aromatic rings. The SMILES string of the molecule is CC(C)CC[C@H]1C(O)=C(C(=O)CC(C)C)C(=O)[C@H]1O. The van der Waals surface area contributed by atoms with Crippen molar-refractivity contribution in [3.05, 3.63) is 11.3 Å². The largest absolute Gasteiger partial charge is 0.511 e. The number of aliphatic hydroxyl groups is 2. The van der Waals surface area contributed by atoms with Crippen molar-refractivity contribution in [2.45, 2.75) is 53.1 Å². The highest BCUT2D eigenvalue weighted by atomic mass is 16.3. The summed E-state index contributed by atoms with van der Waals surface area (Å²) in [7, 11) is 0. The highest BCUT2D eigenvalue weighted by molar-refractivity contribution is 6.23. The molecule has 0 amide bonds. The van der Waals surface area contributed by atoms with Crippen molar-refractivity contribution in [1.82, 2.24) is 0 Å². The zero-order valence-corrected chi connectivity index (χ0v) is 12.1. The van der Waals surface area contributed by atoms with E-state index in [0.717, 1.165) is 6.42 Å². The number of aliphatic hydroxyl groups excluding tert-OH is 2. The molecule has 108 valence electrons. The maximum Gasteiger partial charge on any atom is 0.198 e. The molecule has 1 aliphatic rings. The summed E-state index contributed by atoms with van der Waals surface area (Å²) in [5.74, 6) is -1.25. The molecule has 0 aromatic carbocycles. The fourth-order valence-corrected chi connectivity index (χ4v) is 2.35. The van der Waals surface area contributed by atoms with Crippen molar-refractivity contribution in [2.24, 2.45) is 17.8 Å². The van der Waals surface area contributed by atoms with Crippen molar-refractivity contribution in [1.29, 1.82) is 0 Å². The zero-order chi connectivity index (χ0) is 14.7. The minimum atomic E-state index is -1.26. The van der Waals surface area contributed by atoms with Crippen LogP contribution in [0.2, 0.25) is 0 Å². The van der Waals surface area contributed by atoms with E-state index in [2.05, 4.69) is 0 Å². The third-order valence-corrected chi connectivity index (χ3v) is 3.43. The topological polar surface area (TPSA) is 74.6 Å². The summed E-state index contributed by atoms with van der Waals surface area (Å²) in [6.07, 6.45) is 0.277. The Morgan fingerprint density at radius 2 is 1.79 bits per heavy atom. The lowest BCUT2D eigenvalue weighted by Gasteiger charge is -2.15. The van der Waals surface area contributed by atoms with E-state index in [4.69, 9.17) is 0 Å². The second-order valence-electron chi connectivity index (χ2n) is 6.17. The van der Waals surface area contributed by atoms with Gasteiger partial charge in [-0.1, -0.05) is 34.1 Å². The van der Waals surface area contributed by atoms with Crippen LogP contribution in [0.3, 0.4) is 0 Å². The molecule has 0 aromatic heterocycles. The van der Waals surface area contributed by atoms with Gasteiger partial charge in [0.1, 0.15) is 17.4 Å². The molecule has 0 aliphatic heterocycles. The smallest absolute Gasteiger partial charge is 0.198 e. The van der Waals surface area contributed by atoms with E-state index in [1.165, 1.54) is 0 Å². The lowest BCUT2D eigenvalue weighted by Crippen LogP contribution is -2.25. The van der Waals surface area contributed by atoms with Crippen LogP contribution in [0.4, 0.5) is 0 Å². The second kappa shape index (κ2) is 6.33. The van der Waals surface area contributed by atoms with Gasteiger partial charge in [0.2, 0.25) is 0 Å². The third-order valence-electron chi connectivity index (χ3n) is 3.43. The van der Waals surface area contributed by atoms with Gasteiger partial charge in [0, 0.05) is 6.42 Å². The molecule has 4 nitrogen and oxygen atoms in total. The van der Waals surface area contributed by atoms with Crippen LogP contribution in [0.25, 0.3) is 0 Å². The van der Waals surface area contributed by atoms with Gasteiger partial charge in [-0.2, -0.15) is 0 Å². The number of rotatable bonds is 6. The van der Waals surface area contributed by atoms with Crippen LogP contribution >= 0.6 is 0 Å². The molecule has 19 heavy (non-hydrogen) atoms. The maximum absolute atomic E-state index is 12.0. The molecule has 0 heterocycles. The van der Waals surface area contributed by atoms with Gasteiger partial charge in [-0.15, -0.1) is 0 Å². The molecule has 1 aliphatic carbocycles. The molecule has 4 heteroatoms. The van der Waals surface area contributed by atoms with Gasteiger partial charge in [0.25, 0.3) is 0 Å². The van der Waals surface area contributed by atoms with Crippen LogP contribution in [0.1, 0.15) is 47.0 Å². The lowest BCUT2D eigenvalue weighted by atomic mass is 9.94. The lowest BCUT2D eigenvalue weighted by molar-refractivity contribution is -0.126. The molecule has 0 saturated heterocycles. The van der Waals surface area contributed by atoms with Crippen LogP contribution in [-0.4, -0.2) is 27.9 Å². The summed E-state index contributed by atoms with van der Waals surface area (Å²) < 4.78 is 0. The van der Waals surface area contributed by atoms with Crippen molar-refractivity contribution in [2.75, 3.05) is 0 Å². The number of carbonyl (C=O) groups is 2. The van der Waals surface area contributed by atoms with Crippen LogP contribution in [0.15, 0.2) is 11.3 Å². The summed E-state index contributed by atoms with van der Waals surface area (Å²) in [5.41, 5.74) is -0.171. The number of carbonyl (C=O) groups excluding carboxylic acids is 2. The molecule has 0 spiro atoms. The third kappa shape index (κ3) is 3.66. The molecule has 2 N–H and O–H groups in total. The molecule has 1 rings (SSSR count). The fourth-order valence-electron chi connectivity index (χ4n) is 2.35. The van der Waals surface area contributed by atoms with E-state index < -0.39 is 17.8 Å². The Morgan fingerprint density at radius 1 is 1.21 bits per heavy atom. The van der Waals surface area contributed by atoms with E-state index in [1.54, 1.807) is 0 Å². The first-order valence-corrected chi connectivity index (χ1v) is 6.94. The fraction of sp³-hybridized carbons (Fsp3) is 0.733. The molecule has 2 atom stereocenters. The van der Waals surface area contributed by atoms with Gasteiger partial charge in [-0.25, -0.2) is 0 Å². The highest BCUT2D eigenvalue weighted by Crippen LogP contribution is 2.33. The number of Topliss-reactive ketones (excluding diaryl/α,β-unsaturated/α-hetero) is 2. The van der Waals surface area contributed by atoms with E-state index in [-0.39, 0.29) is 29.5 Å². The Kier molecular flexibility index (Phi) is 5.29. The standard InChI is InChI=1S/C15H24O4/c1-8(2)5-6-10-13(17)12(15(19)14(10)18)11(16)7-9(3)4/h8-10,14,17-18H,5-7H2,1-4H3/t10-,14-/m0/s1. The Morgan fingerprint density at radius 3 is 2.26 bits per heavy atom. The highest BCUT2D eigenvalue weighted by Gasteiger charge is 2.43. The van der Waals surface area contributed by atoms with Crippen LogP contribution in [-0.2, 0) is 9.59 Å². The van der Waals surface area contributed by atoms with E-state index in [0.29, 0.717) is 12.3 Å². The number of hydrogen-bond donors (Lipinski definition) is 2. The van der Waals surface area contributed by atoms with E-state index in [9.17, 15) is 19.8 Å². The van der Waals surface area contributed by atoms with Crippen molar-refractivity contribution in [3.8, 4) is 0 Å². The van der Waals surface area contributed by atoms with E-state index >= 15 is 0 Å². The summed E-state index contributed by atoms with van der Waals surface area (Å²) >= 11 is 0. The van der Waals surface area contributed by atoms with Gasteiger partial charge in [0.05, 0.1) is 5.92 Å². The minimum Gasteiger partial charge on any atom is -0.511 e.